The number of piperidine rings is 1. The lowest BCUT2D eigenvalue weighted by Gasteiger charge is -2.30. The summed E-state index contributed by atoms with van der Waals surface area (Å²) in [6.45, 7) is 3.17. The van der Waals surface area contributed by atoms with E-state index in [9.17, 15) is 9.59 Å². The SMILES string of the molecule is CCOC(=O)N1CCC[C@@H](C(N)=O)C1. The Morgan fingerprint density at radius 1 is 1.57 bits per heavy atom. The Balaban J connectivity index is 2.47. The van der Waals surface area contributed by atoms with Crippen molar-refractivity contribution in [3.63, 3.8) is 0 Å². The molecule has 1 atom stereocenters. The summed E-state index contributed by atoms with van der Waals surface area (Å²) in [7, 11) is 0. The van der Waals surface area contributed by atoms with Crippen molar-refractivity contribution in [2.75, 3.05) is 19.7 Å². The van der Waals surface area contributed by atoms with Gasteiger partial charge in [0.2, 0.25) is 5.91 Å². The third kappa shape index (κ3) is 2.61. The first-order chi connectivity index (χ1) is 6.65. The number of amides is 2. The van der Waals surface area contributed by atoms with Gasteiger partial charge in [-0.05, 0) is 19.8 Å². The van der Waals surface area contributed by atoms with Gasteiger partial charge in [-0.1, -0.05) is 0 Å². The summed E-state index contributed by atoms with van der Waals surface area (Å²) in [5, 5.41) is 0. The van der Waals surface area contributed by atoms with Crippen LogP contribution in [0.25, 0.3) is 0 Å². The van der Waals surface area contributed by atoms with E-state index in [0.29, 0.717) is 19.7 Å². The molecule has 0 unspecified atom stereocenters. The van der Waals surface area contributed by atoms with Crippen molar-refractivity contribution in [3.8, 4) is 0 Å². The van der Waals surface area contributed by atoms with Crippen molar-refractivity contribution in [1.82, 2.24) is 4.90 Å². The van der Waals surface area contributed by atoms with E-state index in [0.717, 1.165) is 12.8 Å². The van der Waals surface area contributed by atoms with Gasteiger partial charge < -0.3 is 15.4 Å². The lowest BCUT2D eigenvalue weighted by atomic mass is 9.98. The van der Waals surface area contributed by atoms with E-state index < -0.39 is 0 Å². The highest BCUT2D eigenvalue weighted by atomic mass is 16.6. The van der Waals surface area contributed by atoms with Gasteiger partial charge in [0.05, 0.1) is 12.5 Å². The van der Waals surface area contributed by atoms with Crippen molar-refractivity contribution in [2.24, 2.45) is 11.7 Å². The molecule has 0 aromatic heterocycles. The molecule has 0 spiro atoms. The maximum absolute atomic E-state index is 11.3. The fraction of sp³-hybridized carbons (Fsp3) is 0.778. The summed E-state index contributed by atoms with van der Waals surface area (Å²) in [4.78, 5) is 23.8. The van der Waals surface area contributed by atoms with Crippen molar-refractivity contribution < 1.29 is 14.3 Å². The predicted molar refractivity (Wildman–Crippen MR) is 50.5 cm³/mol. The molecule has 0 bridgehead atoms. The molecule has 2 amide bonds. The number of nitrogens with two attached hydrogens (primary N) is 1. The van der Waals surface area contributed by atoms with Gasteiger partial charge in [0, 0.05) is 13.1 Å². The summed E-state index contributed by atoms with van der Waals surface area (Å²) in [6, 6.07) is 0. The van der Waals surface area contributed by atoms with Crippen LogP contribution >= 0.6 is 0 Å². The number of rotatable bonds is 2. The number of carbonyl (C=O) groups excluding carboxylic acids is 2. The number of primary amides is 1. The van der Waals surface area contributed by atoms with Gasteiger partial charge in [0.25, 0.3) is 0 Å². The van der Waals surface area contributed by atoms with Gasteiger partial charge in [-0.2, -0.15) is 0 Å². The number of hydrogen-bond donors (Lipinski definition) is 1. The molecule has 1 rings (SSSR count). The van der Waals surface area contributed by atoms with Crippen LogP contribution in [0.3, 0.4) is 0 Å². The molecule has 14 heavy (non-hydrogen) atoms. The van der Waals surface area contributed by atoms with Crippen LogP contribution in [-0.2, 0) is 9.53 Å². The standard InChI is InChI=1S/C9H16N2O3/c1-2-14-9(13)11-5-3-4-7(6-11)8(10)12/h7H,2-6H2,1H3,(H2,10,12)/t7-/m1/s1. The Morgan fingerprint density at radius 2 is 2.29 bits per heavy atom. The molecule has 0 aromatic carbocycles. The normalized spacial score (nSPS) is 21.8. The predicted octanol–water partition coefficient (Wildman–Crippen LogP) is 0.340. The van der Waals surface area contributed by atoms with Crippen LogP contribution in [0.2, 0.25) is 0 Å². The molecule has 5 heteroatoms. The minimum atomic E-state index is -0.349. The molecule has 1 saturated heterocycles. The van der Waals surface area contributed by atoms with Gasteiger partial charge in [-0.25, -0.2) is 4.79 Å². The zero-order valence-corrected chi connectivity index (χ0v) is 8.36. The largest absolute Gasteiger partial charge is 0.450 e. The van der Waals surface area contributed by atoms with E-state index in [1.165, 1.54) is 0 Å². The zero-order chi connectivity index (χ0) is 10.6. The molecule has 80 valence electrons. The van der Waals surface area contributed by atoms with Crippen LogP contribution < -0.4 is 5.73 Å². The van der Waals surface area contributed by atoms with Crippen LogP contribution in [0.4, 0.5) is 4.79 Å². The maximum Gasteiger partial charge on any atom is 0.409 e. The average molecular weight is 200 g/mol. The second-order valence-electron chi connectivity index (χ2n) is 3.39. The summed E-state index contributed by atoms with van der Waals surface area (Å²) in [5.74, 6) is -0.549. The third-order valence-electron chi connectivity index (χ3n) is 2.35. The second-order valence-corrected chi connectivity index (χ2v) is 3.39. The molecule has 1 fully saturated rings. The van der Waals surface area contributed by atoms with E-state index in [2.05, 4.69) is 0 Å². The Labute approximate surface area is 83.2 Å². The van der Waals surface area contributed by atoms with Gasteiger partial charge in [-0.15, -0.1) is 0 Å². The molecule has 0 saturated carbocycles. The molecule has 1 aliphatic rings. The number of nitrogens with zero attached hydrogens (tertiary/aromatic N) is 1. The molecule has 1 heterocycles. The van der Waals surface area contributed by atoms with E-state index in [4.69, 9.17) is 10.5 Å². The van der Waals surface area contributed by atoms with Crippen molar-refractivity contribution in [3.05, 3.63) is 0 Å². The fourth-order valence-corrected chi connectivity index (χ4v) is 1.59. The minimum Gasteiger partial charge on any atom is -0.450 e. The number of likely N-dealkylation sites (tertiary alicyclic amines) is 1. The fourth-order valence-electron chi connectivity index (χ4n) is 1.59. The minimum absolute atomic E-state index is 0.215. The first kappa shape index (κ1) is 10.8. The Hall–Kier alpha value is -1.26. The van der Waals surface area contributed by atoms with Crippen molar-refractivity contribution in [1.29, 1.82) is 0 Å². The second kappa shape index (κ2) is 4.83. The Kier molecular flexibility index (Phi) is 3.73. The Bertz CT molecular complexity index is 230. The lowest BCUT2D eigenvalue weighted by molar-refractivity contribution is -0.123. The molecule has 0 aliphatic carbocycles. The highest BCUT2D eigenvalue weighted by Gasteiger charge is 2.27. The van der Waals surface area contributed by atoms with Crippen molar-refractivity contribution in [2.45, 2.75) is 19.8 Å². The van der Waals surface area contributed by atoms with Crippen LogP contribution in [0.15, 0.2) is 0 Å². The molecule has 5 nitrogen and oxygen atoms in total. The van der Waals surface area contributed by atoms with E-state index in [1.807, 2.05) is 0 Å². The van der Waals surface area contributed by atoms with E-state index in [-0.39, 0.29) is 17.9 Å². The highest BCUT2D eigenvalue weighted by Crippen LogP contribution is 2.16. The lowest BCUT2D eigenvalue weighted by Crippen LogP contribution is -2.44. The van der Waals surface area contributed by atoms with Crippen LogP contribution in [0.5, 0.6) is 0 Å². The monoisotopic (exact) mass is 200 g/mol. The molecular weight excluding hydrogens is 184 g/mol. The van der Waals surface area contributed by atoms with Gasteiger partial charge in [0.15, 0.2) is 0 Å². The number of hydrogen-bond acceptors (Lipinski definition) is 3. The molecule has 1 aliphatic heterocycles. The first-order valence-corrected chi connectivity index (χ1v) is 4.86. The van der Waals surface area contributed by atoms with Crippen LogP contribution in [0.1, 0.15) is 19.8 Å². The average Bonchev–Trinajstić information content (AvgIpc) is 2.18. The number of ether oxygens (including phenoxy) is 1. The van der Waals surface area contributed by atoms with E-state index >= 15 is 0 Å². The number of carbonyl (C=O) groups is 2. The van der Waals surface area contributed by atoms with Crippen LogP contribution in [-0.4, -0.2) is 36.6 Å². The highest BCUT2D eigenvalue weighted by molar-refractivity contribution is 5.78. The van der Waals surface area contributed by atoms with E-state index in [1.54, 1.807) is 11.8 Å². The van der Waals surface area contributed by atoms with Gasteiger partial charge in [-0.3, -0.25) is 4.79 Å². The molecular formula is C9H16N2O3. The maximum atomic E-state index is 11.3. The smallest absolute Gasteiger partial charge is 0.409 e. The van der Waals surface area contributed by atoms with Gasteiger partial charge >= 0.3 is 6.09 Å². The molecule has 0 radical (unpaired) electrons. The van der Waals surface area contributed by atoms with Crippen LogP contribution in [0, 0.1) is 5.92 Å². The van der Waals surface area contributed by atoms with Gasteiger partial charge in [0.1, 0.15) is 0 Å². The quantitative estimate of drug-likeness (QED) is 0.698. The van der Waals surface area contributed by atoms with Crippen molar-refractivity contribution >= 4 is 12.0 Å². The topological polar surface area (TPSA) is 72.6 Å². The Morgan fingerprint density at radius 3 is 2.86 bits per heavy atom. The zero-order valence-electron chi connectivity index (χ0n) is 8.36. The summed E-state index contributed by atoms with van der Waals surface area (Å²) >= 11 is 0. The molecule has 0 aromatic rings. The third-order valence-corrected chi connectivity index (χ3v) is 2.35. The first-order valence-electron chi connectivity index (χ1n) is 4.86. The summed E-state index contributed by atoms with van der Waals surface area (Å²) in [5.41, 5.74) is 5.19. The molecule has 2 N–H and O–H groups in total. The summed E-state index contributed by atoms with van der Waals surface area (Å²) < 4.78 is 4.84. The summed E-state index contributed by atoms with van der Waals surface area (Å²) in [6.07, 6.45) is 1.23.